The van der Waals surface area contributed by atoms with Gasteiger partial charge in [0.05, 0.1) is 4.91 Å². The number of imide groups is 1. The Bertz CT molecular complexity index is 1510. The van der Waals surface area contributed by atoms with Crippen LogP contribution in [0.3, 0.4) is 0 Å². The van der Waals surface area contributed by atoms with Gasteiger partial charge in [-0.15, -0.1) is 0 Å². The SMILES string of the molecule is C=CCOc1c(C)c(C)c2c(c1C)CCC(C)(COc1ccc(/C=C3\SC(=O)NC3=O)c3ccccc13)O2. The highest BCUT2D eigenvalue weighted by molar-refractivity contribution is 8.18. The molecule has 1 N–H and O–H groups in total. The van der Waals surface area contributed by atoms with Crippen molar-refractivity contribution in [2.75, 3.05) is 13.2 Å². The quantitative estimate of drug-likeness (QED) is 0.268. The average Bonchev–Trinajstić information content (AvgIpc) is 3.23. The molecule has 0 bridgehead atoms. The first-order chi connectivity index (χ1) is 18.2. The van der Waals surface area contributed by atoms with E-state index in [0.717, 1.165) is 74.9 Å². The van der Waals surface area contributed by atoms with E-state index in [1.54, 1.807) is 12.2 Å². The molecule has 2 aliphatic rings. The summed E-state index contributed by atoms with van der Waals surface area (Å²) in [5.41, 5.74) is 4.84. The first-order valence-electron chi connectivity index (χ1n) is 12.7. The van der Waals surface area contributed by atoms with Gasteiger partial charge in [-0.05, 0) is 92.1 Å². The van der Waals surface area contributed by atoms with E-state index in [9.17, 15) is 9.59 Å². The molecule has 1 saturated heterocycles. The van der Waals surface area contributed by atoms with Gasteiger partial charge in [0.15, 0.2) is 0 Å². The number of hydrogen-bond acceptors (Lipinski definition) is 6. The zero-order valence-electron chi connectivity index (χ0n) is 22.1. The minimum absolute atomic E-state index is 0.353. The molecule has 2 heterocycles. The number of fused-ring (bicyclic) bond motifs is 2. The minimum Gasteiger partial charge on any atom is -0.489 e. The average molecular weight is 530 g/mol. The van der Waals surface area contributed by atoms with E-state index in [0.29, 0.717) is 18.1 Å². The lowest BCUT2D eigenvalue weighted by atomic mass is 9.87. The molecule has 1 unspecified atom stereocenters. The lowest BCUT2D eigenvalue weighted by molar-refractivity contribution is -0.115. The molecule has 0 aromatic heterocycles. The van der Waals surface area contributed by atoms with Crippen LogP contribution >= 0.6 is 11.8 Å². The van der Waals surface area contributed by atoms with Crippen molar-refractivity contribution in [2.24, 2.45) is 0 Å². The van der Waals surface area contributed by atoms with Crippen molar-refractivity contribution in [1.29, 1.82) is 0 Å². The molecule has 6 nitrogen and oxygen atoms in total. The van der Waals surface area contributed by atoms with Gasteiger partial charge in [0.25, 0.3) is 11.1 Å². The zero-order chi connectivity index (χ0) is 27.0. The third kappa shape index (κ3) is 4.78. The number of nitrogens with one attached hydrogen (secondary N) is 1. The number of benzene rings is 3. The van der Waals surface area contributed by atoms with Crippen LogP contribution in [0.4, 0.5) is 4.79 Å². The van der Waals surface area contributed by atoms with Crippen molar-refractivity contribution in [2.45, 2.75) is 46.1 Å². The Hall–Kier alpha value is -3.71. The zero-order valence-corrected chi connectivity index (χ0v) is 22.9. The maximum Gasteiger partial charge on any atom is 0.290 e. The Labute approximate surface area is 227 Å². The molecule has 7 heteroatoms. The van der Waals surface area contributed by atoms with E-state index in [-0.39, 0.29) is 11.1 Å². The third-order valence-electron chi connectivity index (χ3n) is 7.29. The highest BCUT2D eigenvalue weighted by atomic mass is 32.2. The van der Waals surface area contributed by atoms with E-state index >= 15 is 0 Å². The van der Waals surface area contributed by atoms with E-state index in [1.807, 2.05) is 36.4 Å². The van der Waals surface area contributed by atoms with Crippen molar-refractivity contribution in [3.8, 4) is 17.2 Å². The first kappa shape index (κ1) is 25.9. The van der Waals surface area contributed by atoms with E-state index in [2.05, 4.69) is 39.6 Å². The van der Waals surface area contributed by atoms with Crippen molar-refractivity contribution in [1.82, 2.24) is 5.32 Å². The summed E-state index contributed by atoms with van der Waals surface area (Å²) in [6.45, 7) is 13.0. The molecule has 2 aliphatic heterocycles. The molecule has 3 aromatic carbocycles. The molecule has 0 radical (unpaired) electrons. The van der Waals surface area contributed by atoms with Crippen LogP contribution in [0, 0.1) is 20.8 Å². The van der Waals surface area contributed by atoms with Gasteiger partial charge in [-0.3, -0.25) is 14.9 Å². The summed E-state index contributed by atoms with van der Waals surface area (Å²) in [6, 6.07) is 11.7. The standard InChI is InChI=1S/C31H31NO5S/c1-6-15-35-27-18(2)19(3)28-22(20(27)4)13-14-31(5,37-28)17-36-25-12-11-21(23-9-7-8-10-24(23)25)16-26-29(33)32-30(34)38-26/h6-12,16H,1,13-15,17H2,2-5H3,(H,32,33,34)/b26-16-. The fourth-order valence-corrected chi connectivity index (χ4v) is 5.75. The number of carbonyl (C=O) groups excluding carboxylic acids is 2. The van der Waals surface area contributed by atoms with Crippen LogP contribution in [0.5, 0.6) is 17.2 Å². The molecule has 1 fully saturated rings. The summed E-state index contributed by atoms with van der Waals surface area (Å²) >= 11 is 0.913. The molecule has 5 rings (SSSR count). The Morgan fingerprint density at radius 2 is 1.82 bits per heavy atom. The Morgan fingerprint density at radius 3 is 2.53 bits per heavy atom. The lowest BCUT2D eigenvalue weighted by Crippen LogP contribution is -2.42. The molecule has 0 aliphatic carbocycles. The predicted molar refractivity (Wildman–Crippen MR) is 152 cm³/mol. The normalized spacial score (nSPS) is 19.7. The lowest BCUT2D eigenvalue weighted by Gasteiger charge is -2.38. The molecule has 3 aromatic rings. The second-order valence-electron chi connectivity index (χ2n) is 10.0. The minimum atomic E-state index is -0.499. The number of rotatable bonds is 7. The molecule has 38 heavy (non-hydrogen) atoms. The van der Waals surface area contributed by atoms with Crippen LogP contribution in [0.2, 0.25) is 0 Å². The van der Waals surface area contributed by atoms with Crippen molar-refractivity contribution in [3.63, 3.8) is 0 Å². The van der Waals surface area contributed by atoms with Gasteiger partial charge >= 0.3 is 0 Å². The largest absolute Gasteiger partial charge is 0.489 e. The summed E-state index contributed by atoms with van der Waals surface area (Å²) in [6.07, 6.45) is 5.20. The van der Waals surface area contributed by atoms with Gasteiger partial charge in [-0.25, -0.2) is 0 Å². The number of carbonyl (C=O) groups is 2. The summed E-state index contributed by atoms with van der Waals surface area (Å²) < 4.78 is 19.0. The monoisotopic (exact) mass is 529 g/mol. The molecule has 0 saturated carbocycles. The summed E-state index contributed by atoms with van der Waals surface area (Å²) in [5.74, 6) is 2.23. The van der Waals surface area contributed by atoms with Crippen molar-refractivity contribution >= 4 is 39.8 Å². The van der Waals surface area contributed by atoms with Gasteiger partial charge in [-0.2, -0.15) is 0 Å². The fraction of sp³-hybridized carbons (Fsp3) is 0.290. The Kier molecular flexibility index (Phi) is 6.97. The predicted octanol–water partition coefficient (Wildman–Crippen LogP) is 6.82. The highest BCUT2D eigenvalue weighted by Crippen LogP contribution is 2.44. The van der Waals surface area contributed by atoms with Gasteiger partial charge in [-0.1, -0.05) is 43.0 Å². The highest BCUT2D eigenvalue weighted by Gasteiger charge is 2.36. The first-order valence-corrected chi connectivity index (χ1v) is 13.5. The van der Waals surface area contributed by atoms with Gasteiger partial charge in [0, 0.05) is 10.9 Å². The smallest absolute Gasteiger partial charge is 0.290 e. The number of thioether (sulfide) groups is 1. The van der Waals surface area contributed by atoms with Gasteiger partial charge < -0.3 is 14.2 Å². The van der Waals surface area contributed by atoms with Crippen molar-refractivity contribution in [3.05, 3.63) is 81.8 Å². The maximum atomic E-state index is 12.1. The van der Waals surface area contributed by atoms with Gasteiger partial charge in [0.1, 0.15) is 36.1 Å². The van der Waals surface area contributed by atoms with Gasteiger partial charge in [0.2, 0.25) is 0 Å². The van der Waals surface area contributed by atoms with Crippen LogP contribution < -0.4 is 19.5 Å². The molecule has 1 atom stereocenters. The number of amides is 2. The maximum absolute atomic E-state index is 12.1. The second kappa shape index (κ2) is 10.2. The molecular weight excluding hydrogens is 498 g/mol. The van der Waals surface area contributed by atoms with Crippen LogP contribution in [-0.4, -0.2) is 30.0 Å². The fourth-order valence-electron chi connectivity index (χ4n) is 5.08. The summed E-state index contributed by atoms with van der Waals surface area (Å²) in [5, 5.41) is 3.83. The van der Waals surface area contributed by atoms with Crippen molar-refractivity contribution < 1.29 is 23.8 Å². The molecule has 0 spiro atoms. The van der Waals surface area contributed by atoms with Crippen LogP contribution in [0.1, 0.15) is 41.2 Å². The third-order valence-corrected chi connectivity index (χ3v) is 8.10. The summed E-state index contributed by atoms with van der Waals surface area (Å²) in [7, 11) is 0. The molecular formula is C31H31NO5S. The van der Waals surface area contributed by atoms with E-state index < -0.39 is 5.60 Å². The van der Waals surface area contributed by atoms with Crippen LogP contribution in [-0.2, 0) is 11.2 Å². The van der Waals surface area contributed by atoms with E-state index in [4.69, 9.17) is 14.2 Å². The number of hydrogen-bond donors (Lipinski definition) is 1. The molecule has 196 valence electrons. The van der Waals surface area contributed by atoms with Crippen LogP contribution in [0.15, 0.2) is 54.0 Å². The van der Waals surface area contributed by atoms with E-state index in [1.165, 1.54) is 5.56 Å². The number of ether oxygens (including phenoxy) is 3. The topological polar surface area (TPSA) is 73.9 Å². The summed E-state index contributed by atoms with van der Waals surface area (Å²) in [4.78, 5) is 24.0. The van der Waals surface area contributed by atoms with Crippen LogP contribution in [0.25, 0.3) is 16.8 Å². The Morgan fingerprint density at radius 1 is 1.05 bits per heavy atom. The molecule has 2 amide bonds. The second-order valence-corrected chi connectivity index (χ2v) is 11.0. The Balaban J connectivity index is 1.40.